The fourth-order valence-corrected chi connectivity index (χ4v) is 4.78. The lowest BCUT2D eigenvalue weighted by Gasteiger charge is -2.34. The van der Waals surface area contributed by atoms with E-state index in [1.807, 2.05) is 42.2 Å². The summed E-state index contributed by atoms with van der Waals surface area (Å²) in [6.45, 7) is 4.86. The van der Waals surface area contributed by atoms with Crippen molar-refractivity contribution in [3.05, 3.63) is 83.7 Å². The van der Waals surface area contributed by atoms with Crippen LogP contribution >= 0.6 is 0 Å². The van der Waals surface area contributed by atoms with Crippen molar-refractivity contribution in [1.29, 1.82) is 0 Å². The van der Waals surface area contributed by atoms with Gasteiger partial charge in [-0.3, -0.25) is 9.59 Å². The van der Waals surface area contributed by atoms with Crippen molar-refractivity contribution in [3.8, 4) is 11.5 Å². The van der Waals surface area contributed by atoms with E-state index in [0.717, 1.165) is 18.4 Å². The average molecular weight is 486 g/mol. The molecule has 184 valence electrons. The number of halogens is 1. The molecule has 1 aliphatic rings. The van der Waals surface area contributed by atoms with Gasteiger partial charge in [0.25, 0.3) is 5.91 Å². The molecule has 0 bridgehead atoms. The van der Waals surface area contributed by atoms with Crippen LogP contribution in [0.15, 0.2) is 71.1 Å². The third-order valence-electron chi connectivity index (χ3n) is 7.05. The van der Waals surface area contributed by atoms with Crippen molar-refractivity contribution >= 4 is 28.6 Å². The van der Waals surface area contributed by atoms with E-state index in [0.29, 0.717) is 46.9 Å². The summed E-state index contributed by atoms with van der Waals surface area (Å²) in [5, 5.41) is 2.92. The quantitative estimate of drug-likeness (QED) is 0.372. The highest BCUT2D eigenvalue weighted by molar-refractivity contribution is 5.97. The Balaban J connectivity index is 1.21. The van der Waals surface area contributed by atoms with Crippen LogP contribution in [-0.4, -0.2) is 34.8 Å². The number of hydrogen-bond donors (Lipinski definition) is 1. The molecule has 0 spiro atoms. The number of aromatic nitrogens is 1. The van der Waals surface area contributed by atoms with Gasteiger partial charge in [0.15, 0.2) is 5.58 Å². The van der Waals surface area contributed by atoms with E-state index < -0.39 is 0 Å². The summed E-state index contributed by atoms with van der Waals surface area (Å²) in [7, 11) is 0. The van der Waals surface area contributed by atoms with Crippen LogP contribution in [0.5, 0.6) is 0 Å². The average Bonchev–Trinajstić information content (AvgIpc) is 3.33. The Bertz CT molecular complexity index is 1410. The summed E-state index contributed by atoms with van der Waals surface area (Å²) in [5.74, 6) is 0.0312. The Morgan fingerprint density at radius 3 is 2.53 bits per heavy atom. The number of fused-ring (bicyclic) bond motifs is 1. The molecule has 4 aromatic rings. The van der Waals surface area contributed by atoms with Crippen molar-refractivity contribution in [1.82, 2.24) is 9.88 Å². The fourth-order valence-electron chi connectivity index (χ4n) is 4.78. The summed E-state index contributed by atoms with van der Waals surface area (Å²) in [6, 6.07) is 19.3. The molecule has 0 aliphatic carbocycles. The van der Waals surface area contributed by atoms with Crippen LogP contribution in [0.25, 0.3) is 22.6 Å². The highest BCUT2D eigenvalue weighted by Crippen LogP contribution is 2.29. The number of hydrogen-bond acceptors (Lipinski definition) is 4. The number of nitrogens with zero attached hydrogens (tertiary/aromatic N) is 2. The number of nitrogens with one attached hydrogen (secondary N) is 1. The van der Waals surface area contributed by atoms with Crippen LogP contribution < -0.4 is 5.32 Å². The molecule has 1 N–H and O–H groups in total. The zero-order valence-electron chi connectivity index (χ0n) is 20.3. The molecule has 7 heteroatoms. The molecule has 2 heterocycles. The summed E-state index contributed by atoms with van der Waals surface area (Å²) >= 11 is 0. The minimum absolute atomic E-state index is 0.0429. The topological polar surface area (TPSA) is 75.4 Å². The van der Waals surface area contributed by atoms with Gasteiger partial charge in [-0.1, -0.05) is 25.1 Å². The van der Waals surface area contributed by atoms with Crippen molar-refractivity contribution in [3.63, 3.8) is 0 Å². The number of carbonyl (C=O) groups excluding carboxylic acids is 2. The Morgan fingerprint density at radius 1 is 1.06 bits per heavy atom. The van der Waals surface area contributed by atoms with Crippen molar-refractivity contribution in [2.24, 2.45) is 11.8 Å². The number of likely N-dealkylation sites (tertiary alicyclic amines) is 1. The van der Waals surface area contributed by atoms with E-state index in [2.05, 4.69) is 10.3 Å². The third kappa shape index (κ3) is 4.87. The smallest absolute Gasteiger partial charge is 0.253 e. The molecule has 36 heavy (non-hydrogen) atoms. The Labute approximate surface area is 209 Å². The number of piperidine rings is 1. The summed E-state index contributed by atoms with van der Waals surface area (Å²) < 4.78 is 19.2. The summed E-state index contributed by atoms with van der Waals surface area (Å²) in [6.07, 6.45) is 1.49. The summed E-state index contributed by atoms with van der Waals surface area (Å²) in [5.41, 5.74) is 4.06. The Kier molecular flexibility index (Phi) is 6.55. The number of carbonyl (C=O) groups is 2. The van der Waals surface area contributed by atoms with Gasteiger partial charge in [-0.15, -0.1) is 0 Å². The van der Waals surface area contributed by atoms with Crippen LogP contribution in [0.3, 0.4) is 0 Å². The Morgan fingerprint density at radius 2 is 1.81 bits per heavy atom. The van der Waals surface area contributed by atoms with Gasteiger partial charge in [0.2, 0.25) is 11.8 Å². The van der Waals surface area contributed by atoms with Gasteiger partial charge in [-0.2, -0.15) is 0 Å². The van der Waals surface area contributed by atoms with E-state index in [9.17, 15) is 14.0 Å². The molecule has 1 saturated heterocycles. The van der Waals surface area contributed by atoms with E-state index in [1.165, 1.54) is 12.1 Å². The predicted molar refractivity (Wildman–Crippen MR) is 137 cm³/mol. The van der Waals surface area contributed by atoms with E-state index >= 15 is 0 Å². The molecule has 0 unspecified atom stereocenters. The lowest BCUT2D eigenvalue weighted by atomic mass is 9.84. The molecular weight excluding hydrogens is 457 g/mol. The first-order valence-corrected chi connectivity index (χ1v) is 12.2. The number of amides is 2. The Hall–Kier alpha value is -4.00. The summed E-state index contributed by atoms with van der Waals surface area (Å²) in [4.78, 5) is 32.4. The fraction of sp³-hybridized carbons (Fsp3) is 0.276. The largest absolute Gasteiger partial charge is 0.436 e. The predicted octanol–water partition coefficient (Wildman–Crippen LogP) is 6.07. The van der Waals surface area contributed by atoms with E-state index in [1.54, 1.807) is 31.2 Å². The van der Waals surface area contributed by atoms with Gasteiger partial charge in [0, 0.05) is 35.8 Å². The maximum absolute atomic E-state index is 13.4. The zero-order valence-corrected chi connectivity index (χ0v) is 20.3. The third-order valence-corrected chi connectivity index (χ3v) is 7.05. The molecular formula is C29H28FN3O3. The van der Waals surface area contributed by atoms with Crippen molar-refractivity contribution < 1.29 is 18.4 Å². The molecule has 1 fully saturated rings. The van der Waals surface area contributed by atoms with Gasteiger partial charge in [-0.25, -0.2) is 9.37 Å². The normalized spacial score (nSPS) is 15.1. The van der Waals surface area contributed by atoms with Crippen LogP contribution in [-0.2, 0) is 4.79 Å². The second-order valence-electron chi connectivity index (χ2n) is 9.43. The molecule has 6 nitrogen and oxygen atoms in total. The SMILES string of the molecule is Cc1cc(F)ccc1NC(=O)[C@H](C)C1CCN(C(=O)c2ccc3oc(-c4ccccc4)nc3c2)CC1. The van der Waals surface area contributed by atoms with Gasteiger partial charge >= 0.3 is 0 Å². The standard InChI is InChI=1S/C29H28FN3O3/c1-18-16-23(30)9-10-24(18)31-27(34)19(2)20-12-14-33(15-13-20)29(35)22-8-11-26-25(17-22)32-28(36-26)21-6-4-3-5-7-21/h3-11,16-17,19-20H,12-15H2,1-2H3,(H,31,34)/t19-/m1/s1. The van der Waals surface area contributed by atoms with Crippen molar-refractivity contribution in [2.45, 2.75) is 26.7 Å². The minimum atomic E-state index is -0.324. The molecule has 1 aromatic heterocycles. The first kappa shape index (κ1) is 23.7. The van der Waals surface area contributed by atoms with Crippen LogP contribution in [0, 0.1) is 24.6 Å². The van der Waals surface area contributed by atoms with Gasteiger partial charge in [0.1, 0.15) is 11.3 Å². The monoisotopic (exact) mass is 485 g/mol. The van der Waals surface area contributed by atoms with Crippen LogP contribution in [0.2, 0.25) is 0 Å². The van der Waals surface area contributed by atoms with Gasteiger partial charge in [-0.05, 0) is 79.8 Å². The van der Waals surface area contributed by atoms with Crippen LogP contribution in [0.1, 0.15) is 35.7 Å². The molecule has 1 atom stereocenters. The van der Waals surface area contributed by atoms with Gasteiger partial charge in [0.05, 0.1) is 0 Å². The molecule has 2 amide bonds. The number of anilines is 1. The van der Waals surface area contributed by atoms with Crippen LogP contribution in [0.4, 0.5) is 10.1 Å². The highest BCUT2D eigenvalue weighted by atomic mass is 19.1. The first-order valence-electron chi connectivity index (χ1n) is 12.2. The molecule has 0 radical (unpaired) electrons. The van der Waals surface area contributed by atoms with Gasteiger partial charge < -0.3 is 14.6 Å². The zero-order chi connectivity index (χ0) is 25.2. The molecule has 1 aliphatic heterocycles. The van der Waals surface area contributed by atoms with E-state index in [4.69, 9.17) is 4.42 Å². The van der Waals surface area contributed by atoms with E-state index in [-0.39, 0.29) is 29.5 Å². The molecule has 3 aromatic carbocycles. The lowest BCUT2D eigenvalue weighted by Crippen LogP contribution is -2.41. The first-order chi connectivity index (χ1) is 17.4. The highest BCUT2D eigenvalue weighted by Gasteiger charge is 2.30. The second kappa shape index (κ2) is 9.93. The maximum Gasteiger partial charge on any atom is 0.253 e. The molecule has 0 saturated carbocycles. The second-order valence-corrected chi connectivity index (χ2v) is 9.43. The number of benzene rings is 3. The minimum Gasteiger partial charge on any atom is -0.436 e. The number of oxazole rings is 1. The maximum atomic E-state index is 13.4. The van der Waals surface area contributed by atoms with Crippen molar-refractivity contribution in [2.75, 3.05) is 18.4 Å². The lowest BCUT2D eigenvalue weighted by molar-refractivity contribution is -0.121. The number of rotatable bonds is 5. The molecule has 5 rings (SSSR count). The number of aryl methyl sites for hydroxylation is 1.